The molecule has 0 unspecified atom stereocenters. The molecule has 0 aromatic heterocycles. The highest BCUT2D eigenvalue weighted by molar-refractivity contribution is 8.00. The van der Waals surface area contributed by atoms with Crippen LogP contribution in [-0.4, -0.2) is 80.1 Å². The minimum absolute atomic E-state index is 0.0816. The summed E-state index contributed by atoms with van der Waals surface area (Å²) in [6, 6.07) is 7.37. The highest BCUT2D eigenvalue weighted by Crippen LogP contribution is 2.46. The molecule has 37 heavy (non-hydrogen) atoms. The molecule has 13 heteroatoms. The minimum atomic E-state index is -1.51. The van der Waals surface area contributed by atoms with E-state index in [2.05, 4.69) is 0 Å². The number of carbonyl (C=O) groups excluding carboxylic acids is 5. The summed E-state index contributed by atoms with van der Waals surface area (Å²) in [7, 11) is 1.49. The summed E-state index contributed by atoms with van der Waals surface area (Å²) in [5, 5.41) is -0.713. The van der Waals surface area contributed by atoms with Gasteiger partial charge in [-0.1, -0.05) is 23.9 Å². The molecule has 0 aliphatic carbocycles. The quantitative estimate of drug-likeness (QED) is 0.280. The Morgan fingerprint density at radius 2 is 1.38 bits per heavy atom. The van der Waals surface area contributed by atoms with Crippen LogP contribution >= 0.6 is 11.8 Å². The molecular weight excluding hydrogens is 510 g/mol. The largest absolute Gasteiger partial charge is 0.462 e. The van der Waals surface area contributed by atoms with Gasteiger partial charge in [-0.15, -0.1) is 0 Å². The maximum Gasteiger partial charge on any atom is 0.303 e. The van der Waals surface area contributed by atoms with Gasteiger partial charge in [0, 0.05) is 46.6 Å². The molecule has 0 saturated carbocycles. The van der Waals surface area contributed by atoms with Gasteiger partial charge in [0.1, 0.15) is 18.7 Å². The summed E-state index contributed by atoms with van der Waals surface area (Å²) in [6.45, 7) is 5.22. The molecule has 0 amide bonds. The number of nitrogens with zero attached hydrogens (tertiary/aromatic N) is 1. The molecule has 0 saturated heterocycles. The summed E-state index contributed by atoms with van der Waals surface area (Å²) < 4.78 is 32.4. The Morgan fingerprint density at radius 1 is 0.811 bits per heavy atom. The number of fused-ring (bicyclic) bond motifs is 1. The number of anilines is 1. The van der Waals surface area contributed by atoms with Crippen LogP contribution in [0.15, 0.2) is 29.2 Å². The Morgan fingerprint density at radius 3 is 1.92 bits per heavy atom. The van der Waals surface area contributed by atoms with Gasteiger partial charge in [0.15, 0.2) is 24.4 Å². The van der Waals surface area contributed by atoms with Gasteiger partial charge >= 0.3 is 29.8 Å². The van der Waals surface area contributed by atoms with Gasteiger partial charge in [0.25, 0.3) is 0 Å². The first-order valence-electron chi connectivity index (χ1n) is 11.3. The topological polar surface area (TPSA) is 144 Å². The Hall–Kier alpha value is -3.32. The molecule has 0 fully saturated rings. The number of hydrogen-bond acceptors (Lipinski definition) is 13. The maximum absolute atomic E-state index is 12.3. The third kappa shape index (κ3) is 8.64. The van der Waals surface area contributed by atoms with E-state index in [0.29, 0.717) is 0 Å². The zero-order chi connectivity index (χ0) is 27.7. The zero-order valence-electron chi connectivity index (χ0n) is 21.5. The second kappa shape index (κ2) is 13.8. The molecule has 1 aliphatic heterocycles. The fourth-order valence-corrected chi connectivity index (χ4v) is 5.17. The first-order chi connectivity index (χ1) is 17.4. The third-order valence-electron chi connectivity index (χ3n) is 4.97. The van der Waals surface area contributed by atoms with E-state index in [1.54, 1.807) is 4.90 Å². The molecule has 0 bridgehead atoms. The highest BCUT2D eigenvalue weighted by Gasteiger charge is 2.50. The van der Waals surface area contributed by atoms with Crippen molar-refractivity contribution in [3.05, 3.63) is 24.3 Å². The lowest BCUT2D eigenvalue weighted by Crippen LogP contribution is -2.58. The molecule has 0 N–H and O–H groups in total. The average molecular weight is 542 g/mol. The average Bonchev–Trinajstić information content (AvgIpc) is 3.15. The Kier molecular flexibility index (Phi) is 11.2. The fourth-order valence-electron chi connectivity index (χ4n) is 3.80. The van der Waals surface area contributed by atoms with Crippen LogP contribution in [-0.2, 0) is 52.4 Å². The van der Waals surface area contributed by atoms with Crippen molar-refractivity contribution in [1.29, 1.82) is 0 Å². The first-order valence-corrected chi connectivity index (χ1v) is 12.2. The summed E-state index contributed by atoms with van der Waals surface area (Å²) in [6.07, 6.45) is -5.63. The van der Waals surface area contributed by atoms with Gasteiger partial charge < -0.3 is 33.3 Å². The van der Waals surface area contributed by atoms with Crippen molar-refractivity contribution in [2.24, 2.45) is 0 Å². The number of esters is 5. The molecule has 1 aromatic carbocycles. The number of carbonyl (C=O) groups is 5. The van der Waals surface area contributed by atoms with Crippen molar-refractivity contribution in [1.82, 2.24) is 0 Å². The maximum atomic E-state index is 12.3. The standard InChI is InChI=1S/C24H31NO11S/c1-13(26)32-11-19(33-14(2)27)21(34-15(3)28)22(35-16(4)29)23(36-17(5)30)24-25(12-31-6)18-9-7-8-10-20(18)37-24/h7-10,19,21-24H,11-12H2,1-6H3/t19-,21+,22+,23+,24+/m0/s1. The van der Waals surface area contributed by atoms with E-state index in [9.17, 15) is 24.0 Å². The van der Waals surface area contributed by atoms with E-state index < -0.39 is 66.2 Å². The van der Waals surface area contributed by atoms with Crippen molar-refractivity contribution in [3.63, 3.8) is 0 Å². The Labute approximate surface area is 218 Å². The van der Waals surface area contributed by atoms with Crippen LogP contribution in [0.4, 0.5) is 5.69 Å². The number of rotatable bonds is 12. The first kappa shape index (κ1) is 29.9. The molecule has 1 aliphatic rings. The van der Waals surface area contributed by atoms with E-state index in [0.717, 1.165) is 38.3 Å². The number of ether oxygens (including phenoxy) is 6. The van der Waals surface area contributed by atoms with Gasteiger partial charge in [-0.05, 0) is 12.1 Å². The Balaban J connectivity index is 2.63. The fraction of sp³-hybridized carbons (Fsp3) is 0.542. The van der Waals surface area contributed by atoms with E-state index >= 15 is 0 Å². The summed E-state index contributed by atoms with van der Waals surface area (Å²) in [4.78, 5) is 62.7. The number of benzene rings is 1. The van der Waals surface area contributed by atoms with Crippen molar-refractivity contribution >= 4 is 47.3 Å². The van der Waals surface area contributed by atoms with Crippen LogP contribution in [0.25, 0.3) is 0 Å². The molecule has 2 rings (SSSR count). The molecule has 0 spiro atoms. The predicted molar refractivity (Wildman–Crippen MR) is 129 cm³/mol. The van der Waals surface area contributed by atoms with Crippen LogP contribution in [0.3, 0.4) is 0 Å². The van der Waals surface area contributed by atoms with Gasteiger partial charge in [-0.25, -0.2) is 0 Å². The third-order valence-corrected chi connectivity index (χ3v) is 6.33. The van der Waals surface area contributed by atoms with Gasteiger partial charge in [0.05, 0.1) is 5.69 Å². The zero-order valence-corrected chi connectivity index (χ0v) is 22.3. The predicted octanol–water partition coefficient (Wildman–Crippen LogP) is 1.82. The number of hydrogen-bond donors (Lipinski definition) is 0. The number of para-hydroxylation sites is 1. The van der Waals surface area contributed by atoms with Crippen LogP contribution in [0.5, 0.6) is 0 Å². The van der Waals surface area contributed by atoms with Crippen LogP contribution in [0.1, 0.15) is 34.6 Å². The van der Waals surface area contributed by atoms with Crippen molar-refractivity contribution in [2.75, 3.05) is 25.3 Å². The lowest BCUT2D eigenvalue weighted by atomic mass is 10.0. The van der Waals surface area contributed by atoms with Crippen LogP contribution < -0.4 is 4.90 Å². The van der Waals surface area contributed by atoms with Crippen LogP contribution in [0, 0.1) is 0 Å². The minimum Gasteiger partial charge on any atom is -0.462 e. The van der Waals surface area contributed by atoms with E-state index in [1.165, 1.54) is 25.8 Å². The molecule has 5 atom stereocenters. The molecule has 204 valence electrons. The van der Waals surface area contributed by atoms with Gasteiger partial charge in [-0.3, -0.25) is 24.0 Å². The lowest BCUT2D eigenvalue weighted by Gasteiger charge is -2.39. The molecule has 1 aromatic rings. The van der Waals surface area contributed by atoms with E-state index in [4.69, 9.17) is 28.4 Å². The molecule has 12 nitrogen and oxygen atoms in total. The Bertz CT molecular complexity index is 1000. The molecule has 0 radical (unpaired) electrons. The number of thioether (sulfide) groups is 1. The SMILES string of the molecule is COCN1c2ccccc2S[C@@H]1[C@H](OC(C)=O)[C@H](OC(C)=O)[C@H](OC(C)=O)[C@H](COC(C)=O)OC(C)=O. The smallest absolute Gasteiger partial charge is 0.303 e. The summed E-state index contributed by atoms with van der Waals surface area (Å²) in [5.41, 5.74) is 0.776. The summed E-state index contributed by atoms with van der Waals surface area (Å²) in [5.74, 6) is -3.76. The van der Waals surface area contributed by atoms with E-state index in [1.807, 2.05) is 24.3 Å². The second-order valence-electron chi connectivity index (χ2n) is 8.04. The van der Waals surface area contributed by atoms with Crippen LogP contribution in [0.2, 0.25) is 0 Å². The summed E-state index contributed by atoms with van der Waals surface area (Å²) >= 11 is 1.31. The lowest BCUT2D eigenvalue weighted by molar-refractivity contribution is -0.202. The van der Waals surface area contributed by atoms with Crippen molar-refractivity contribution < 1.29 is 52.4 Å². The van der Waals surface area contributed by atoms with Gasteiger partial charge in [0.2, 0.25) is 0 Å². The van der Waals surface area contributed by atoms with Crippen molar-refractivity contribution in [3.8, 4) is 0 Å². The normalized spacial score (nSPS) is 17.5. The molecular formula is C24H31NO11S. The number of methoxy groups -OCH3 is 1. The highest BCUT2D eigenvalue weighted by atomic mass is 32.2. The van der Waals surface area contributed by atoms with Gasteiger partial charge in [-0.2, -0.15) is 0 Å². The van der Waals surface area contributed by atoms with Crippen molar-refractivity contribution in [2.45, 2.75) is 69.3 Å². The van der Waals surface area contributed by atoms with E-state index in [-0.39, 0.29) is 6.73 Å². The second-order valence-corrected chi connectivity index (χ2v) is 9.19. The molecule has 1 heterocycles. The monoisotopic (exact) mass is 541 g/mol.